The highest BCUT2D eigenvalue weighted by molar-refractivity contribution is 9.10. The fourth-order valence-electron chi connectivity index (χ4n) is 2.82. The predicted octanol–water partition coefficient (Wildman–Crippen LogP) is 3.61. The molecule has 0 saturated heterocycles. The van der Waals surface area contributed by atoms with E-state index in [9.17, 15) is 13.6 Å². The summed E-state index contributed by atoms with van der Waals surface area (Å²) < 4.78 is 31.7. The van der Waals surface area contributed by atoms with Crippen LogP contribution in [0.4, 0.5) is 0 Å². The average molecular weight is 485 g/mol. The molecular formula is C20H27BrN3O4S-. The Balaban J connectivity index is 2.10. The van der Waals surface area contributed by atoms with Gasteiger partial charge in [-0.05, 0) is 44.0 Å². The highest BCUT2D eigenvalue weighted by atomic mass is 79.9. The van der Waals surface area contributed by atoms with Crippen LogP contribution < -0.4 is 4.74 Å². The van der Waals surface area contributed by atoms with Crippen molar-refractivity contribution in [2.75, 3.05) is 13.2 Å². The first-order valence-corrected chi connectivity index (χ1v) is 11.4. The Bertz CT molecular complexity index is 869. The third-order valence-electron chi connectivity index (χ3n) is 4.29. The molecule has 0 spiro atoms. The molecule has 1 aromatic heterocycles. The Labute approximate surface area is 183 Å². The monoisotopic (exact) mass is 484 g/mol. The maximum absolute atomic E-state index is 12.1. The van der Waals surface area contributed by atoms with E-state index in [2.05, 4.69) is 34.9 Å². The van der Waals surface area contributed by atoms with Gasteiger partial charge >= 0.3 is 0 Å². The molecule has 2 aromatic rings. The molecule has 0 aliphatic rings. The van der Waals surface area contributed by atoms with E-state index in [1.165, 1.54) is 0 Å². The molecular weight excluding hydrogens is 458 g/mol. The minimum Gasteiger partial charge on any atom is -0.755 e. The molecule has 1 heterocycles. The van der Waals surface area contributed by atoms with Crippen LogP contribution in [0.2, 0.25) is 0 Å². The topological polar surface area (TPSA) is 87.5 Å². The first-order valence-electron chi connectivity index (χ1n) is 9.55. The standard InChI is InChI=1S/C20H28BrN3O4S/c1-5-24(29(26)27)20(25)9-7-18-10-15(4)23(22-18)12-16-11-17(21)6-8-19(16)28-13-14(2)3/h6,8,10-11,14H,5,7,9,12-13H2,1-4H3,(H,26,27)/p-1. The Morgan fingerprint density at radius 1 is 1.38 bits per heavy atom. The Morgan fingerprint density at radius 2 is 2.10 bits per heavy atom. The summed E-state index contributed by atoms with van der Waals surface area (Å²) in [7, 11) is 0. The second kappa shape index (κ2) is 10.9. The Hall–Kier alpha value is -1.71. The Morgan fingerprint density at radius 3 is 2.72 bits per heavy atom. The highest BCUT2D eigenvalue weighted by Gasteiger charge is 2.15. The number of carbonyl (C=O) groups is 1. The predicted molar refractivity (Wildman–Crippen MR) is 115 cm³/mol. The maximum atomic E-state index is 12.1. The third-order valence-corrected chi connectivity index (χ3v) is 5.60. The van der Waals surface area contributed by atoms with E-state index in [-0.39, 0.29) is 13.0 Å². The van der Waals surface area contributed by atoms with Gasteiger partial charge in [0.2, 0.25) is 5.91 Å². The number of aromatic nitrogens is 2. The zero-order chi connectivity index (χ0) is 21.6. The van der Waals surface area contributed by atoms with Crippen molar-refractivity contribution in [1.82, 2.24) is 14.1 Å². The van der Waals surface area contributed by atoms with Crippen molar-refractivity contribution in [3.8, 4) is 5.75 Å². The number of hydrogen-bond acceptors (Lipinski definition) is 5. The van der Waals surface area contributed by atoms with Crippen molar-refractivity contribution in [2.24, 2.45) is 5.92 Å². The lowest BCUT2D eigenvalue weighted by Crippen LogP contribution is -2.32. The summed E-state index contributed by atoms with van der Waals surface area (Å²) in [4.78, 5) is 12.1. The van der Waals surface area contributed by atoms with Gasteiger partial charge in [-0.3, -0.25) is 18.0 Å². The molecule has 0 aliphatic carbocycles. The van der Waals surface area contributed by atoms with Gasteiger partial charge in [-0.15, -0.1) is 0 Å². The SMILES string of the molecule is CCN(C(=O)CCc1cc(C)n(Cc2cc(Br)ccc2OCC(C)C)n1)S(=O)[O-]. The van der Waals surface area contributed by atoms with Crippen LogP contribution >= 0.6 is 15.9 Å². The molecule has 1 amide bonds. The number of halogens is 1. The first kappa shape index (κ1) is 23.6. The van der Waals surface area contributed by atoms with Gasteiger partial charge in [-0.25, -0.2) is 0 Å². The van der Waals surface area contributed by atoms with Gasteiger partial charge in [-0.2, -0.15) is 5.10 Å². The number of ether oxygens (including phenoxy) is 1. The zero-order valence-corrected chi connectivity index (χ0v) is 19.6. The van der Waals surface area contributed by atoms with Gasteiger partial charge in [0.25, 0.3) is 0 Å². The van der Waals surface area contributed by atoms with E-state index >= 15 is 0 Å². The van der Waals surface area contributed by atoms with Crippen molar-refractivity contribution in [3.05, 3.63) is 45.7 Å². The van der Waals surface area contributed by atoms with E-state index in [4.69, 9.17) is 4.74 Å². The minimum atomic E-state index is -2.54. The van der Waals surface area contributed by atoms with Crippen molar-refractivity contribution in [3.63, 3.8) is 0 Å². The van der Waals surface area contributed by atoms with Gasteiger partial charge in [0, 0.05) is 46.4 Å². The lowest BCUT2D eigenvalue weighted by atomic mass is 10.2. The van der Waals surface area contributed by atoms with Gasteiger partial charge in [-0.1, -0.05) is 29.8 Å². The molecule has 1 unspecified atom stereocenters. The molecule has 0 N–H and O–H groups in total. The van der Waals surface area contributed by atoms with E-state index in [0.717, 1.165) is 31.5 Å². The number of nitrogens with zero attached hydrogens (tertiary/aromatic N) is 3. The number of rotatable bonds is 10. The normalized spacial score (nSPS) is 12.2. The van der Waals surface area contributed by atoms with Crippen molar-refractivity contribution >= 4 is 33.1 Å². The van der Waals surface area contributed by atoms with E-state index in [1.54, 1.807) is 6.92 Å². The van der Waals surface area contributed by atoms with Crippen LogP contribution in [-0.2, 0) is 29.0 Å². The van der Waals surface area contributed by atoms with Gasteiger partial charge in [0.15, 0.2) is 0 Å². The second-order valence-electron chi connectivity index (χ2n) is 7.20. The van der Waals surface area contributed by atoms with E-state index < -0.39 is 17.2 Å². The number of amides is 1. The molecule has 7 nitrogen and oxygen atoms in total. The molecule has 0 bridgehead atoms. The molecule has 0 saturated carbocycles. The van der Waals surface area contributed by atoms with Gasteiger partial charge in [0.05, 0.1) is 18.8 Å². The van der Waals surface area contributed by atoms with Crippen LogP contribution in [0.5, 0.6) is 5.75 Å². The van der Waals surface area contributed by atoms with Crippen LogP contribution in [0.3, 0.4) is 0 Å². The Kier molecular flexibility index (Phi) is 8.85. The van der Waals surface area contributed by atoms with Gasteiger partial charge in [0.1, 0.15) is 5.75 Å². The van der Waals surface area contributed by atoms with Crippen LogP contribution in [-0.4, -0.2) is 41.9 Å². The lowest BCUT2D eigenvalue weighted by molar-refractivity contribution is -0.126. The van der Waals surface area contributed by atoms with Crippen molar-refractivity contribution in [1.29, 1.82) is 0 Å². The molecule has 0 aliphatic heterocycles. The number of hydrogen-bond donors (Lipinski definition) is 0. The van der Waals surface area contributed by atoms with Gasteiger partial charge < -0.3 is 9.29 Å². The van der Waals surface area contributed by atoms with Crippen molar-refractivity contribution in [2.45, 2.75) is 47.1 Å². The summed E-state index contributed by atoms with van der Waals surface area (Å²) in [6.45, 7) is 9.09. The average Bonchev–Trinajstić information content (AvgIpc) is 2.99. The highest BCUT2D eigenvalue weighted by Crippen LogP contribution is 2.25. The van der Waals surface area contributed by atoms with Crippen LogP contribution in [0.25, 0.3) is 0 Å². The van der Waals surface area contributed by atoms with E-state index in [1.807, 2.05) is 35.9 Å². The summed E-state index contributed by atoms with van der Waals surface area (Å²) in [5, 5.41) is 4.59. The van der Waals surface area contributed by atoms with E-state index in [0.29, 0.717) is 25.5 Å². The summed E-state index contributed by atoms with van der Waals surface area (Å²) in [6.07, 6.45) is 0.480. The maximum Gasteiger partial charge on any atom is 0.233 e. The van der Waals surface area contributed by atoms with Crippen LogP contribution in [0.1, 0.15) is 44.1 Å². The summed E-state index contributed by atoms with van der Waals surface area (Å²) >= 11 is 0.971. The molecule has 9 heteroatoms. The number of benzene rings is 1. The van der Waals surface area contributed by atoms with Crippen LogP contribution in [0, 0.1) is 12.8 Å². The summed E-state index contributed by atoms with van der Waals surface area (Å²) in [5.41, 5.74) is 2.72. The zero-order valence-electron chi connectivity index (χ0n) is 17.2. The fraction of sp³-hybridized carbons (Fsp3) is 0.500. The molecule has 0 fully saturated rings. The van der Waals surface area contributed by atoms with Crippen LogP contribution in [0.15, 0.2) is 28.7 Å². The summed E-state index contributed by atoms with van der Waals surface area (Å²) in [6, 6.07) is 7.83. The lowest BCUT2D eigenvalue weighted by Gasteiger charge is -2.22. The molecule has 29 heavy (non-hydrogen) atoms. The molecule has 1 atom stereocenters. The second-order valence-corrected chi connectivity index (χ2v) is 8.99. The number of aryl methyl sites for hydroxylation is 2. The molecule has 2 rings (SSSR count). The summed E-state index contributed by atoms with van der Waals surface area (Å²) in [5.74, 6) is 0.822. The third kappa shape index (κ3) is 6.94. The molecule has 160 valence electrons. The molecule has 0 radical (unpaired) electrons. The smallest absolute Gasteiger partial charge is 0.233 e. The fourth-order valence-corrected chi connectivity index (χ4v) is 3.69. The number of carbonyl (C=O) groups excluding carboxylic acids is 1. The quantitative estimate of drug-likeness (QED) is 0.480. The van der Waals surface area contributed by atoms with Crippen molar-refractivity contribution < 1.29 is 18.3 Å². The molecule has 1 aromatic carbocycles. The largest absolute Gasteiger partial charge is 0.755 e. The first-order chi connectivity index (χ1) is 13.7. The minimum absolute atomic E-state index is 0.0951.